The van der Waals surface area contributed by atoms with Crippen molar-refractivity contribution >= 4 is 45.5 Å². The number of rotatable bonds is 10. The summed E-state index contributed by atoms with van der Waals surface area (Å²) >= 11 is 0. The van der Waals surface area contributed by atoms with Crippen LogP contribution in [0, 0.1) is 25.5 Å². The van der Waals surface area contributed by atoms with Crippen molar-refractivity contribution in [3.8, 4) is 44.9 Å². The Kier molecular flexibility index (Phi) is 11.7. The number of para-hydroxylation sites is 5. The molecule has 3 aliphatic rings. The van der Waals surface area contributed by atoms with Crippen LogP contribution < -0.4 is 24.3 Å². The molecule has 0 radical (unpaired) electrons. The summed E-state index contributed by atoms with van der Waals surface area (Å²) in [5.74, 6) is 1.17. The first-order valence-electron chi connectivity index (χ1n) is 25.1. The molecule has 2 heterocycles. The molecule has 14 rings (SSSR count). The molecule has 0 spiro atoms. The second-order valence-corrected chi connectivity index (χ2v) is 18.8. The molecule has 0 atom stereocenters. The SMILES string of the molecule is [Pt+4].[c-]1c(Oc2[c-]c(N3[CH-]N(c4c(-c5ccccc5)cc(C5(c6ccccc6)c6ccccc6-c6ccccc65)cc4-c4ccccc4)c4ccccc43)ccc2)cccc1N1[CH-]N(c2ccccc2)c2ccccc21. The summed E-state index contributed by atoms with van der Waals surface area (Å²) in [5.41, 5.74) is 19.5. The van der Waals surface area contributed by atoms with E-state index >= 15 is 0 Å². The molecule has 0 amide bonds. The van der Waals surface area contributed by atoms with Crippen LogP contribution in [0.1, 0.15) is 22.3 Å². The smallest absolute Gasteiger partial charge is 0.509 e. The largest absolute Gasteiger partial charge is 4.00 e. The topological polar surface area (TPSA) is 22.2 Å². The van der Waals surface area contributed by atoms with Gasteiger partial charge in [0.2, 0.25) is 0 Å². The summed E-state index contributed by atoms with van der Waals surface area (Å²) in [4.78, 5) is 8.96. The number of benzene rings is 11. The third kappa shape index (κ3) is 7.73. The van der Waals surface area contributed by atoms with Crippen LogP contribution in [0.4, 0.5) is 45.5 Å². The van der Waals surface area contributed by atoms with Crippen LogP contribution in [-0.4, -0.2) is 0 Å². The molecule has 0 N–H and O–H groups in total. The van der Waals surface area contributed by atoms with E-state index in [1.807, 2.05) is 30.3 Å². The molecule has 0 saturated heterocycles. The van der Waals surface area contributed by atoms with Crippen molar-refractivity contribution in [3.63, 3.8) is 0 Å². The standard InChI is InChI=1S/C69H46N4O.Pt/c1-5-23-49(24-6-1)60-43-52(69(51-27-9-3-10-28-51)62-37-15-13-35-58(62)59-36-14-16-38-63(59)69)44-61(50-25-7-2-8-26-50)68(60)73-48-72(66-41-19-20-42-67(66)73)55-32-22-34-57(46-55)74-56-33-21-31-54(45-56)71-47-70(53-29-11-4-12-30-53)64-39-17-18-40-65(64)71;/h1-44,47-48H;/q-4;+4. The number of nitrogens with zero attached hydrogens (tertiary/aromatic N) is 4. The van der Waals surface area contributed by atoms with Crippen molar-refractivity contribution in [1.29, 1.82) is 0 Å². The van der Waals surface area contributed by atoms with E-state index in [-0.39, 0.29) is 21.1 Å². The summed E-state index contributed by atoms with van der Waals surface area (Å²) in [5, 5.41) is 0. The van der Waals surface area contributed by atoms with Gasteiger partial charge >= 0.3 is 21.1 Å². The Hall–Kier alpha value is -8.89. The van der Waals surface area contributed by atoms with Gasteiger partial charge in [-0.25, -0.2) is 0 Å². The van der Waals surface area contributed by atoms with Crippen LogP contribution in [0.15, 0.2) is 267 Å². The quantitative estimate of drug-likeness (QED) is 0.127. The second-order valence-electron chi connectivity index (χ2n) is 18.8. The summed E-state index contributed by atoms with van der Waals surface area (Å²) in [6.07, 6.45) is 0. The molecule has 0 saturated carbocycles. The number of fused-ring (bicyclic) bond motifs is 5. The average Bonchev–Trinajstić information content (AvgIpc) is 4.23. The predicted octanol–water partition coefficient (Wildman–Crippen LogP) is 17.6. The minimum Gasteiger partial charge on any atom is -0.509 e. The third-order valence-electron chi connectivity index (χ3n) is 14.7. The first-order chi connectivity index (χ1) is 36.7. The zero-order valence-electron chi connectivity index (χ0n) is 40.6. The Morgan fingerprint density at radius 1 is 0.333 bits per heavy atom. The van der Waals surface area contributed by atoms with E-state index in [9.17, 15) is 0 Å². The van der Waals surface area contributed by atoms with Crippen molar-refractivity contribution in [3.05, 3.63) is 315 Å². The van der Waals surface area contributed by atoms with Crippen molar-refractivity contribution in [2.75, 3.05) is 19.6 Å². The van der Waals surface area contributed by atoms with E-state index in [2.05, 4.69) is 282 Å². The molecule has 1 aliphatic carbocycles. The van der Waals surface area contributed by atoms with Gasteiger partial charge in [0.25, 0.3) is 0 Å². The minimum absolute atomic E-state index is 0. The molecule has 358 valence electrons. The van der Waals surface area contributed by atoms with Gasteiger partial charge in [-0.05, 0) is 93.0 Å². The third-order valence-corrected chi connectivity index (χ3v) is 14.7. The van der Waals surface area contributed by atoms with E-state index in [1.54, 1.807) is 0 Å². The molecule has 75 heavy (non-hydrogen) atoms. The van der Waals surface area contributed by atoms with Crippen LogP contribution in [0.5, 0.6) is 11.5 Å². The maximum Gasteiger partial charge on any atom is 4.00 e. The average molecular weight is 1140 g/mol. The molecule has 11 aromatic rings. The molecular formula is C69H46N4OPt. The number of ether oxygens (including phenoxy) is 1. The molecule has 0 unspecified atom stereocenters. The molecule has 0 fully saturated rings. The zero-order valence-corrected chi connectivity index (χ0v) is 42.8. The Morgan fingerprint density at radius 3 is 1.24 bits per heavy atom. The van der Waals surface area contributed by atoms with Gasteiger partial charge in [0, 0.05) is 56.8 Å². The maximum atomic E-state index is 6.67. The summed E-state index contributed by atoms with van der Waals surface area (Å²) < 4.78 is 6.67. The predicted molar refractivity (Wildman–Crippen MR) is 302 cm³/mol. The van der Waals surface area contributed by atoms with Gasteiger partial charge in [-0.2, -0.15) is 12.1 Å². The van der Waals surface area contributed by atoms with Gasteiger partial charge in [-0.15, -0.1) is 61.1 Å². The Balaban J connectivity index is 0.00000541. The van der Waals surface area contributed by atoms with Gasteiger partial charge in [-0.3, -0.25) is 0 Å². The van der Waals surface area contributed by atoms with E-state index in [4.69, 9.17) is 4.74 Å². The van der Waals surface area contributed by atoms with Crippen molar-refractivity contribution in [2.45, 2.75) is 5.41 Å². The van der Waals surface area contributed by atoms with Crippen molar-refractivity contribution < 1.29 is 25.8 Å². The van der Waals surface area contributed by atoms with E-state index < -0.39 is 5.41 Å². The first kappa shape index (κ1) is 45.9. The molecule has 2 aliphatic heterocycles. The molecule has 6 heteroatoms. The maximum absolute atomic E-state index is 6.67. The van der Waals surface area contributed by atoms with Crippen molar-refractivity contribution in [1.82, 2.24) is 0 Å². The fraction of sp³-hybridized carbons (Fsp3) is 0.0145. The van der Waals surface area contributed by atoms with Gasteiger partial charge in [0.1, 0.15) is 0 Å². The van der Waals surface area contributed by atoms with Gasteiger partial charge in [0.05, 0.1) is 5.41 Å². The first-order valence-corrected chi connectivity index (χ1v) is 25.1. The van der Waals surface area contributed by atoms with Gasteiger partial charge in [-0.1, -0.05) is 182 Å². The normalized spacial score (nSPS) is 13.7. The molecule has 0 aromatic heterocycles. The molecule has 5 nitrogen and oxygen atoms in total. The number of hydrogen-bond acceptors (Lipinski definition) is 5. The van der Waals surface area contributed by atoms with E-state index in [0.717, 1.165) is 67.8 Å². The number of anilines is 8. The Bertz CT molecular complexity index is 3760. The fourth-order valence-electron chi connectivity index (χ4n) is 11.5. The van der Waals surface area contributed by atoms with Crippen LogP contribution in [0.25, 0.3) is 33.4 Å². The molecular weight excluding hydrogens is 1100 g/mol. The monoisotopic (exact) mass is 1140 g/mol. The van der Waals surface area contributed by atoms with Gasteiger partial charge in [0.15, 0.2) is 0 Å². The second kappa shape index (κ2) is 19.2. The van der Waals surface area contributed by atoms with Crippen LogP contribution in [0.3, 0.4) is 0 Å². The van der Waals surface area contributed by atoms with Crippen LogP contribution in [0.2, 0.25) is 0 Å². The summed E-state index contributed by atoms with van der Waals surface area (Å²) in [7, 11) is 0. The van der Waals surface area contributed by atoms with E-state index in [1.165, 1.54) is 33.4 Å². The fourth-order valence-corrected chi connectivity index (χ4v) is 11.5. The number of hydrogen-bond donors (Lipinski definition) is 0. The molecule has 0 bridgehead atoms. The molecule has 11 aromatic carbocycles. The Morgan fingerprint density at radius 2 is 0.733 bits per heavy atom. The van der Waals surface area contributed by atoms with E-state index in [0.29, 0.717) is 11.5 Å². The Labute approximate surface area is 453 Å². The summed E-state index contributed by atoms with van der Waals surface area (Å²) in [6.45, 7) is 4.33. The van der Waals surface area contributed by atoms with Crippen LogP contribution >= 0.6 is 0 Å². The van der Waals surface area contributed by atoms with Gasteiger partial charge < -0.3 is 24.3 Å². The zero-order chi connectivity index (χ0) is 49.0. The minimum atomic E-state index is -0.606. The summed E-state index contributed by atoms with van der Waals surface area (Å²) in [6, 6.07) is 102. The van der Waals surface area contributed by atoms with Crippen molar-refractivity contribution in [2.24, 2.45) is 0 Å². The van der Waals surface area contributed by atoms with Crippen LogP contribution in [-0.2, 0) is 26.5 Å².